The summed E-state index contributed by atoms with van der Waals surface area (Å²) in [4.78, 5) is 34.8. The molecule has 0 spiro atoms. The number of aliphatic hydroxyl groups excluding tert-OH is 1. The molecule has 0 bridgehead atoms. The summed E-state index contributed by atoms with van der Waals surface area (Å²) in [6.45, 7) is 7.25. The van der Waals surface area contributed by atoms with Crippen LogP contribution in [0.5, 0.6) is 5.75 Å². The average molecular weight is 521 g/mol. The Kier molecular flexibility index (Phi) is 8.43. The van der Waals surface area contributed by atoms with Crippen LogP contribution in [0.25, 0.3) is 0 Å². The minimum Gasteiger partial charge on any atom is -0.486 e. The summed E-state index contributed by atoms with van der Waals surface area (Å²) in [5.74, 6) is -0.317. The van der Waals surface area contributed by atoms with E-state index in [0.29, 0.717) is 42.3 Å². The van der Waals surface area contributed by atoms with Crippen molar-refractivity contribution in [1.29, 1.82) is 0 Å². The van der Waals surface area contributed by atoms with Crippen LogP contribution in [-0.2, 0) is 13.6 Å². The standard InChI is InChI=1S/C28H36N6O4/c1-18-14-34(20(3)17-35)28(37)22-7-6-8-23(30-27(36)24-13-19(2)31-33(24)5)26(22)38-25(18)16-32(4)15-21-9-11-29-12-10-21/h6-13,18,20,25,35H,14-17H2,1-5H3,(H,30,36)/t18-,20+,25+/m1/s1. The predicted octanol–water partition coefficient (Wildman–Crippen LogP) is 2.73. The van der Waals surface area contributed by atoms with E-state index >= 15 is 0 Å². The van der Waals surface area contributed by atoms with Gasteiger partial charge < -0.3 is 20.1 Å². The molecule has 2 aromatic heterocycles. The number of likely N-dealkylation sites (N-methyl/N-ethyl adjacent to an activating group) is 1. The number of carbonyl (C=O) groups is 2. The van der Waals surface area contributed by atoms with Gasteiger partial charge in [-0.2, -0.15) is 5.10 Å². The Hall–Kier alpha value is -3.76. The zero-order chi connectivity index (χ0) is 27.4. The Morgan fingerprint density at radius 1 is 1.29 bits per heavy atom. The topological polar surface area (TPSA) is 113 Å². The molecule has 0 saturated heterocycles. The molecule has 1 aromatic carbocycles. The summed E-state index contributed by atoms with van der Waals surface area (Å²) in [7, 11) is 3.73. The highest BCUT2D eigenvalue weighted by Crippen LogP contribution is 2.35. The number of nitrogens with one attached hydrogen (secondary N) is 1. The van der Waals surface area contributed by atoms with Crippen LogP contribution >= 0.6 is 0 Å². The molecular formula is C28H36N6O4. The van der Waals surface area contributed by atoms with E-state index in [4.69, 9.17) is 4.74 Å². The SMILES string of the molecule is Cc1cc(C(=O)Nc2cccc3c2O[C@@H](CN(C)Cc2ccncc2)[C@H](C)CN([C@@H](C)CO)C3=O)n(C)n1. The molecule has 4 rings (SSSR count). The third-order valence-corrected chi connectivity index (χ3v) is 6.87. The summed E-state index contributed by atoms with van der Waals surface area (Å²) >= 11 is 0. The van der Waals surface area contributed by atoms with Gasteiger partial charge in [0, 0.05) is 45.0 Å². The molecule has 0 aliphatic carbocycles. The van der Waals surface area contributed by atoms with Gasteiger partial charge in [-0.25, -0.2) is 0 Å². The van der Waals surface area contributed by atoms with Crippen LogP contribution in [0.2, 0.25) is 0 Å². The molecular weight excluding hydrogens is 484 g/mol. The molecule has 10 heteroatoms. The number of pyridine rings is 1. The van der Waals surface area contributed by atoms with Gasteiger partial charge in [0.15, 0.2) is 5.75 Å². The number of aliphatic hydroxyl groups is 1. The van der Waals surface area contributed by atoms with E-state index in [-0.39, 0.29) is 36.5 Å². The third kappa shape index (κ3) is 6.03. The van der Waals surface area contributed by atoms with Crippen LogP contribution in [0.15, 0.2) is 48.8 Å². The summed E-state index contributed by atoms with van der Waals surface area (Å²) in [5.41, 5.74) is 3.01. The molecule has 0 unspecified atom stereocenters. The maximum Gasteiger partial charge on any atom is 0.274 e. The number of benzene rings is 1. The highest BCUT2D eigenvalue weighted by molar-refractivity contribution is 6.06. The molecule has 1 aliphatic heterocycles. The highest BCUT2D eigenvalue weighted by atomic mass is 16.5. The molecule has 0 radical (unpaired) electrons. The molecule has 2 amide bonds. The van der Waals surface area contributed by atoms with Gasteiger partial charge in [-0.15, -0.1) is 0 Å². The van der Waals surface area contributed by atoms with Crippen molar-refractivity contribution < 1.29 is 19.4 Å². The summed E-state index contributed by atoms with van der Waals surface area (Å²) < 4.78 is 8.11. The van der Waals surface area contributed by atoms with Crippen molar-refractivity contribution in [3.63, 3.8) is 0 Å². The number of aromatic nitrogens is 3. The first-order valence-electron chi connectivity index (χ1n) is 12.8. The van der Waals surface area contributed by atoms with E-state index in [0.717, 1.165) is 11.3 Å². The number of aryl methyl sites for hydroxylation is 2. The van der Waals surface area contributed by atoms with Crippen LogP contribution in [0.3, 0.4) is 0 Å². The van der Waals surface area contributed by atoms with E-state index in [1.807, 2.05) is 40.0 Å². The zero-order valence-electron chi connectivity index (χ0n) is 22.6. The number of carbonyl (C=O) groups excluding carboxylic acids is 2. The summed E-state index contributed by atoms with van der Waals surface area (Å²) in [6.07, 6.45) is 3.25. The molecule has 3 heterocycles. The molecule has 202 valence electrons. The monoisotopic (exact) mass is 520 g/mol. The minimum atomic E-state index is -0.373. The van der Waals surface area contributed by atoms with Gasteiger partial charge in [0.2, 0.25) is 0 Å². The minimum absolute atomic E-state index is 0.0514. The lowest BCUT2D eigenvalue weighted by Gasteiger charge is -2.38. The lowest BCUT2D eigenvalue weighted by atomic mass is 9.99. The molecule has 38 heavy (non-hydrogen) atoms. The van der Waals surface area contributed by atoms with Crippen molar-refractivity contribution in [1.82, 2.24) is 24.6 Å². The Labute approximate surface area is 223 Å². The Morgan fingerprint density at radius 2 is 2.03 bits per heavy atom. The fraction of sp³-hybridized carbons (Fsp3) is 0.429. The molecule has 0 saturated carbocycles. The average Bonchev–Trinajstić information content (AvgIpc) is 3.24. The summed E-state index contributed by atoms with van der Waals surface area (Å²) in [6, 6.07) is 10.4. The Morgan fingerprint density at radius 3 is 2.68 bits per heavy atom. The number of ether oxygens (including phenoxy) is 1. The van der Waals surface area contributed by atoms with E-state index in [2.05, 4.69) is 20.3 Å². The highest BCUT2D eigenvalue weighted by Gasteiger charge is 2.34. The fourth-order valence-corrected chi connectivity index (χ4v) is 4.74. The van der Waals surface area contributed by atoms with Crippen LogP contribution in [0.4, 0.5) is 5.69 Å². The quantitative estimate of drug-likeness (QED) is 0.470. The van der Waals surface area contributed by atoms with Crippen molar-refractivity contribution in [3.05, 3.63) is 71.3 Å². The van der Waals surface area contributed by atoms with Crippen molar-refractivity contribution in [2.45, 2.75) is 39.5 Å². The molecule has 3 aromatic rings. The Bertz CT molecular complexity index is 1280. The van der Waals surface area contributed by atoms with Gasteiger partial charge in [-0.3, -0.25) is 24.2 Å². The smallest absolute Gasteiger partial charge is 0.274 e. The van der Waals surface area contributed by atoms with Gasteiger partial charge in [0.25, 0.3) is 11.8 Å². The van der Waals surface area contributed by atoms with Crippen LogP contribution < -0.4 is 10.1 Å². The van der Waals surface area contributed by atoms with Crippen molar-refractivity contribution in [2.75, 3.05) is 32.1 Å². The number of nitrogens with zero attached hydrogens (tertiary/aromatic N) is 5. The number of hydrogen-bond acceptors (Lipinski definition) is 7. The third-order valence-electron chi connectivity index (χ3n) is 6.87. The van der Waals surface area contributed by atoms with E-state index < -0.39 is 0 Å². The molecule has 1 aliphatic rings. The van der Waals surface area contributed by atoms with Gasteiger partial charge >= 0.3 is 0 Å². The van der Waals surface area contributed by atoms with Gasteiger partial charge in [0.1, 0.15) is 11.8 Å². The number of amides is 2. The first-order valence-corrected chi connectivity index (χ1v) is 12.8. The number of para-hydroxylation sites is 1. The largest absolute Gasteiger partial charge is 0.486 e. The fourth-order valence-electron chi connectivity index (χ4n) is 4.74. The first-order chi connectivity index (χ1) is 18.2. The number of anilines is 1. The maximum atomic E-state index is 13.7. The Balaban J connectivity index is 1.68. The molecule has 3 atom stereocenters. The second-order valence-electron chi connectivity index (χ2n) is 10.1. The lowest BCUT2D eigenvalue weighted by molar-refractivity contribution is 0.0343. The van der Waals surface area contributed by atoms with Crippen LogP contribution in [0, 0.1) is 12.8 Å². The van der Waals surface area contributed by atoms with Crippen molar-refractivity contribution >= 4 is 17.5 Å². The van der Waals surface area contributed by atoms with E-state index in [9.17, 15) is 14.7 Å². The zero-order valence-corrected chi connectivity index (χ0v) is 22.6. The van der Waals surface area contributed by atoms with Gasteiger partial charge in [-0.1, -0.05) is 13.0 Å². The summed E-state index contributed by atoms with van der Waals surface area (Å²) in [5, 5.41) is 17.1. The molecule has 10 nitrogen and oxygen atoms in total. The number of hydrogen-bond donors (Lipinski definition) is 2. The second-order valence-corrected chi connectivity index (χ2v) is 10.1. The van der Waals surface area contributed by atoms with Crippen LogP contribution in [0.1, 0.15) is 46.0 Å². The van der Waals surface area contributed by atoms with E-state index in [1.165, 1.54) is 4.68 Å². The first kappa shape index (κ1) is 27.3. The van der Waals surface area contributed by atoms with Gasteiger partial charge in [0.05, 0.1) is 29.6 Å². The second kappa shape index (κ2) is 11.7. The number of fused-ring (bicyclic) bond motifs is 1. The van der Waals surface area contributed by atoms with Crippen LogP contribution in [-0.4, -0.2) is 80.4 Å². The lowest BCUT2D eigenvalue weighted by Crippen LogP contribution is -2.49. The normalized spacial score (nSPS) is 18.4. The molecule has 0 fully saturated rings. The van der Waals surface area contributed by atoms with Crippen molar-refractivity contribution in [2.24, 2.45) is 13.0 Å². The number of rotatable bonds is 8. The van der Waals surface area contributed by atoms with E-state index in [1.54, 1.807) is 48.6 Å². The predicted molar refractivity (Wildman–Crippen MR) is 144 cm³/mol. The van der Waals surface area contributed by atoms with Gasteiger partial charge in [-0.05, 0) is 56.8 Å². The van der Waals surface area contributed by atoms with Crippen molar-refractivity contribution in [3.8, 4) is 5.75 Å². The molecule has 2 N–H and O–H groups in total. The maximum absolute atomic E-state index is 13.7.